The van der Waals surface area contributed by atoms with Gasteiger partial charge in [-0.05, 0) is 67.4 Å². The van der Waals surface area contributed by atoms with Crippen LogP contribution < -0.4 is 5.73 Å². The van der Waals surface area contributed by atoms with E-state index in [1.54, 1.807) is 11.8 Å². The Kier molecular flexibility index (Phi) is 3.67. The molecule has 4 unspecified atom stereocenters. The molecule has 18 heavy (non-hydrogen) atoms. The minimum absolute atomic E-state index is 0.241. The zero-order valence-corrected chi connectivity index (χ0v) is 12.0. The van der Waals surface area contributed by atoms with Crippen LogP contribution in [0.4, 0.5) is 0 Å². The fraction of sp³-hybridized carbons (Fsp3) is 0.625. The van der Waals surface area contributed by atoms with Crippen LogP contribution in [0.25, 0.3) is 0 Å². The minimum Gasteiger partial charge on any atom is -0.324 e. The molecule has 2 N–H and O–H groups in total. The summed E-state index contributed by atoms with van der Waals surface area (Å²) < 4.78 is 0. The molecule has 0 radical (unpaired) electrons. The molecular formula is C16H23NS. The molecule has 98 valence electrons. The van der Waals surface area contributed by atoms with Crippen molar-refractivity contribution in [3.05, 3.63) is 29.8 Å². The summed E-state index contributed by atoms with van der Waals surface area (Å²) in [5.41, 5.74) is 7.71. The molecule has 0 saturated heterocycles. The summed E-state index contributed by atoms with van der Waals surface area (Å²) in [7, 11) is 0. The van der Waals surface area contributed by atoms with Crippen LogP contribution in [0.2, 0.25) is 0 Å². The van der Waals surface area contributed by atoms with Crippen LogP contribution in [0, 0.1) is 17.8 Å². The molecule has 0 aliphatic heterocycles. The van der Waals surface area contributed by atoms with E-state index in [0.717, 1.165) is 17.8 Å². The number of hydrogen-bond acceptors (Lipinski definition) is 2. The van der Waals surface area contributed by atoms with Crippen LogP contribution in [0.15, 0.2) is 29.2 Å². The first kappa shape index (κ1) is 12.6. The fourth-order valence-electron chi connectivity index (χ4n) is 3.98. The second-order valence-electron chi connectivity index (χ2n) is 6.05. The van der Waals surface area contributed by atoms with E-state index in [2.05, 4.69) is 30.5 Å². The number of thioether (sulfide) groups is 1. The smallest absolute Gasteiger partial charge is 0.0297 e. The predicted octanol–water partition coefficient (Wildman–Crippen LogP) is 4.23. The van der Waals surface area contributed by atoms with E-state index in [4.69, 9.17) is 5.73 Å². The molecule has 1 nitrogen and oxygen atoms in total. The van der Waals surface area contributed by atoms with Crippen molar-refractivity contribution in [2.75, 3.05) is 6.26 Å². The van der Waals surface area contributed by atoms with Crippen molar-refractivity contribution in [2.45, 2.75) is 43.0 Å². The van der Waals surface area contributed by atoms with Crippen molar-refractivity contribution in [3.8, 4) is 0 Å². The summed E-state index contributed by atoms with van der Waals surface area (Å²) in [5, 5.41) is 0. The summed E-state index contributed by atoms with van der Waals surface area (Å²) in [4.78, 5) is 1.32. The summed E-state index contributed by atoms with van der Waals surface area (Å²) >= 11 is 1.79. The molecule has 0 amide bonds. The Morgan fingerprint density at radius 1 is 1.22 bits per heavy atom. The lowest BCUT2D eigenvalue weighted by molar-refractivity contribution is 0.296. The average Bonchev–Trinajstić information content (AvgIpc) is 3.01. The van der Waals surface area contributed by atoms with Crippen molar-refractivity contribution in [1.29, 1.82) is 0 Å². The third kappa shape index (κ3) is 2.46. The maximum Gasteiger partial charge on any atom is 0.0297 e. The van der Waals surface area contributed by atoms with Gasteiger partial charge in [0.1, 0.15) is 0 Å². The monoisotopic (exact) mass is 261 g/mol. The molecule has 2 aliphatic rings. The van der Waals surface area contributed by atoms with Crippen LogP contribution in [-0.2, 0) is 0 Å². The fourth-order valence-corrected chi connectivity index (χ4v) is 4.39. The Morgan fingerprint density at radius 2 is 2.00 bits per heavy atom. The van der Waals surface area contributed by atoms with Crippen molar-refractivity contribution >= 4 is 11.8 Å². The van der Waals surface area contributed by atoms with Crippen LogP contribution in [-0.4, -0.2) is 6.26 Å². The van der Waals surface area contributed by atoms with E-state index in [9.17, 15) is 0 Å². The van der Waals surface area contributed by atoms with Gasteiger partial charge < -0.3 is 5.73 Å². The molecule has 0 aromatic heterocycles. The number of hydrogen-bond donors (Lipinski definition) is 1. The molecule has 4 atom stereocenters. The van der Waals surface area contributed by atoms with E-state index in [-0.39, 0.29) is 6.04 Å². The topological polar surface area (TPSA) is 26.0 Å². The van der Waals surface area contributed by atoms with E-state index < -0.39 is 0 Å². The average molecular weight is 261 g/mol. The molecule has 1 aromatic rings. The van der Waals surface area contributed by atoms with E-state index >= 15 is 0 Å². The van der Waals surface area contributed by atoms with Crippen molar-refractivity contribution in [3.63, 3.8) is 0 Å². The van der Waals surface area contributed by atoms with Crippen molar-refractivity contribution < 1.29 is 0 Å². The Balaban J connectivity index is 1.62. The lowest BCUT2D eigenvalue weighted by atomic mass is 9.83. The molecule has 1 aromatic carbocycles. The number of rotatable bonds is 4. The zero-order valence-electron chi connectivity index (χ0n) is 11.1. The molecule has 2 saturated carbocycles. The lowest BCUT2D eigenvalue weighted by Crippen LogP contribution is -2.19. The highest BCUT2D eigenvalue weighted by molar-refractivity contribution is 7.98. The number of fused-ring (bicyclic) bond motifs is 2. The zero-order chi connectivity index (χ0) is 12.5. The SMILES string of the molecule is CSc1ccc(C(N)CC2CC3CCC2C3)cc1. The van der Waals surface area contributed by atoms with Gasteiger partial charge in [-0.25, -0.2) is 0 Å². The second kappa shape index (κ2) is 5.26. The molecule has 2 fully saturated rings. The van der Waals surface area contributed by atoms with Gasteiger partial charge in [0.05, 0.1) is 0 Å². The lowest BCUT2D eigenvalue weighted by Gasteiger charge is -2.25. The van der Waals surface area contributed by atoms with E-state index in [0.29, 0.717) is 0 Å². The highest BCUT2D eigenvalue weighted by Gasteiger charge is 2.39. The Hall–Kier alpha value is -0.470. The quantitative estimate of drug-likeness (QED) is 0.821. The van der Waals surface area contributed by atoms with Gasteiger partial charge >= 0.3 is 0 Å². The number of nitrogens with two attached hydrogens (primary N) is 1. The first-order valence-corrected chi connectivity index (χ1v) is 8.38. The van der Waals surface area contributed by atoms with Crippen molar-refractivity contribution in [1.82, 2.24) is 0 Å². The minimum atomic E-state index is 0.241. The van der Waals surface area contributed by atoms with Gasteiger partial charge in [-0.3, -0.25) is 0 Å². The second-order valence-corrected chi connectivity index (χ2v) is 6.93. The molecule has 2 heteroatoms. The molecule has 3 rings (SSSR count). The van der Waals surface area contributed by atoms with Crippen LogP contribution in [0.5, 0.6) is 0 Å². The van der Waals surface area contributed by atoms with Gasteiger partial charge in [0.2, 0.25) is 0 Å². The Morgan fingerprint density at radius 3 is 2.56 bits per heavy atom. The van der Waals surface area contributed by atoms with E-state index in [1.165, 1.54) is 42.6 Å². The standard InChI is InChI=1S/C16H23NS/c1-18-15-6-4-12(5-7-15)16(17)10-14-9-11-2-3-13(14)8-11/h4-7,11,13-14,16H,2-3,8-10,17H2,1H3. The molecule has 2 aliphatic carbocycles. The van der Waals surface area contributed by atoms with Crippen LogP contribution in [0.3, 0.4) is 0 Å². The third-order valence-electron chi connectivity index (χ3n) is 4.99. The predicted molar refractivity (Wildman–Crippen MR) is 78.7 cm³/mol. The molecule has 2 bridgehead atoms. The maximum atomic E-state index is 6.39. The summed E-state index contributed by atoms with van der Waals surface area (Å²) in [6.07, 6.45) is 9.19. The largest absolute Gasteiger partial charge is 0.324 e. The summed E-state index contributed by atoms with van der Waals surface area (Å²) in [6.45, 7) is 0. The Labute approximate surface area is 115 Å². The van der Waals surface area contributed by atoms with Gasteiger partial charge in [-0.2, -0.15) is 0 Å². The normalized spacial score (nSPS) is 31.8. The van der Waals surface area contributed by atoms with E-state index in [1.807, 2.05) is 0 Å². The number of benzene rings is 1. The highest BCUT2D eigenvalue weighted by Crippen LogP contribution is 2.50. The van der Waals surface area contributed by atoms with Gasteiger partial charge in [0.15, 0.2) is 0 Å². The van der Waals surface area contributed by atoms with Crippen molar-refractivity contribution in [2.24, 2.45) is 23.5 Å². The van der Waals surface area contributed by atoms with Gasteiger partial charge in [-0.1, -0.05) is 18.6 Å². The maximum absolute atomic E-state index is 6.39. The third-order valence-corrected chi connectivity index (χ3v) is 5.73. The summed E-state index contributed by atoms with van der Waals surface area (Å²) in [5.74, 6) is 2.93. The molecular weight excluding hydrogens is 238 g/mol. The first-order valence-electron chi connectivity index (χ1n) is 7.16. The van der Waals surface area contributed by atoms with Crippen LogP contribution in [0.1, 0.15) is 43.7 Å². The highest BCUT2D eigenvalue weighted by atomic mass is 32.2. The molecule has 0 heterocycles. The van der Waals surface area contributed by atoms with Gasteiger partial charge in [-0.15, -0.1) is 11.8 Å². The van der Waals surface area contributed by atoms with Gasteiger partial charge in [0, 0.05) is 10.9 Å². The van der Waals surface area contributed by atoms with Crippen LogP contribution >= 0.6 is 11.8 Å². The Bertz CT molecular complexity index is 400. The molecule has 0 spiro atoms. The van der Waals surface area contributed by atoms with Gasteiger partial charge in [0.25, 0.3) is 0 Å². The first-order chi connectivity index (χ1) is 8.76. The summed E-state index contributed by atoms with van der Waals surface area (Å²) in [6, 6.07) is 9.06.